The molecule has 22 heavy (non-hydrogen) atoms. The van der Waals surface area contributed by atoms with Crippen LogP contribution in [0.1, 0.15) is 34.2 Å². The fraction of sp³-hybridized carbons (Fsp3) is 0.533. The summed E-state index contributed by atoms with van der Waals surface area (Å²) in [6, 6.07) is -1.10. The van der Waals surface area contributed by atoms with Gasteiger partial charge in [-0.05, 0) is 19.3 Å². The zero-order valence-corrected chi connectivity index (χ0v) is 13.9. The van der Waals surface area contributed by atoms with Gasteiger partial charge in [0.05, 0.1) is 23.9 Å². The van der Waals surface area contributed by atoms with E-state index in [4.69, 9.17) is 9.84 Å². The molecule has 6 nitrogen and oxygen atoms in total. The van der Waals surface area contributed by atoms with Crippen molar-refractivity contribution in [3.8, 4) is 0 Å². The number of nitrogens with one attached hydrogen (secondary N) is 1. The van der Waals surface area contributed by atoms with Gasteiger partial charge in [-0.15, -0.1) is 17.9 Å². The van der Waals surface area contributed by atoms with Crippen LogP contribution in [0.2, 0.25) is 0 Å². The third-order valence-electron chi connectivity index (χ3n) is 2.74. The summed E-state index contributed by atoms with van der Waals surface area (Å²) < 4.78 is 5.12. The molecule has 0 saturated carbocycles. The van der Waals surface area contributed by atoms with E-state index >= 15 is 0 Å². The fourth-order valence-corrected chi connectivity index (χ4v) is 2.69. The van der Waals surface area contributed by atoms with Crippen LogP contribution in [-0.4, -0.2) is 41.2 Å². The molecule has 0 aliphatic rings. The lowest BCUT2D eigenvalue weighted by Gasteiger charge is -2.14. The standard InChI is InChI=1S/C15H22N2O4S/c1-5-6-21-8-12(15(19)20)17-14(18)13-11(7-9(2)3)16-10(4)22-13/h5,9,12H,1,6-8H2,2-4H3,(H,17,18)(H,19,20). The summed E-state index contributed by atoms with van der Waals surface area (Å²) in [6.45, 7) is 9.52. The molecule has 7 heteroatoms. The lowest BCUT2D eigenvalue weighted by Crippen LogP contribution is -2.44. The third kappa shape index (κ3) is 5.57. The van der Waals surface area contributed by atoms with Crippen LogP contribution in [0, 0.1) is 12.8 Å². The van der Waals surface area contributed by atoms with Gasteiger partial charge in [0.25, 0.3) is 5.91 Å². The van der Waals surface area contributed by atoms with E-state index in [0.29, 0.717) is 22.9 Å². The molecule has 0 aliphatic carbocycles. The maximum Gasteiger partial charge on any atom is 0.328 e. The predicted octanol–water partition coefficient (Wildman–Crippen LogP) is 2.04. The summed E-state index contributed by atoms with van der Waals surface area (Å²) in [5.41, 5.74) is 0.714. The molecule has 0 saturated heterocycles. The van der Waals surface area contributed by atoms with Gasteiger partial charge < -0.3 is 15.2 Å². The Morgan fingerprint density at radius 3 is 2.73 bits per heavy atom. The number of ether oxygens (including phenoxy) is 1. The van der Waals surface area contributed by atoms with Gasteiger partial charge in [0.2, 0.25) is 0 Å². The number of nitrogens with zero attached hydrogens (tertiary/aromatic N) is 1. The van der Waals surface area contributed by atoms with E-state index < -0.39 is 17.9 Å². The Morgan fingerprint density at radius 2 is 2.18 bits per heavy atom. The highest BCUT2D eigenvalue weighted by molar-refractivity contribution is 7.13. The Kier molecular flexibility index (Phi) is 7.20. The molecule has 0 fully saturated rings. The molecule has 0 spiro atoms. The summed E-state index contributed by atoms with van der Waals surface area (Å²) in [5.74, 6) is -1.20. The molecule has 2 N–H and O–H groups in total. The second kappa shape index (κ2) is 8.65. The van der Waals surface area contributed by atoms with E-state index in [0.717, 1.165) is 5.01 Å². The van der Waals surface area contributed by atoms with Gasteiger partial charge in [-0.3, -0.25) is 4.79 Å². The van der Waals surface area contributed by atoms with Crippen molar-refractivity contribution in [1.29, 1.82) is 0 Å². The smallest absolute Gasteiger partial charge is 0.328 e. The second-order valence-electron chi connectivity index (χ2n) is 5.30. The Hall–Kier alpha value is -1.73. The van der Waals surface area contributed by atoms with Crippen LogP contribution in [0.15, 0.2) is 12.7 Å². The van der Waals surface area contributed by atoms with Gasteiger partial charge in [0, 0.05) is 0 Å². The molecule has 1 amide bonds. The summed E-state index contributed by atoms with van der Waals surface area (Å²) in [7, 11) is 0. The molecular formula is C15H22N2O4S. The van der Waals surface area contributed by atoms with Crippen molar-refractivity contribution in [3.05, 3.63) is 28.2 Å². The number of hydrogen-bond acceptors (Lipinski definition) is 5. The number of thiazole rings is 1. The van der Waals surface area contributed by atoms with E-state index in [-0.39, 0.29) is 13.2 Å². The summed E-state index contributed by atoms with van der Waals surface area (Å²) in [4.78, 5) is 28.4. The quantitative estimate of drug-likeness (QED) is 0.535. The van der Waals surface area contributed by atoms with Crippen LogP contribution in [0.5, 0.6) is 0 Å². The molecule has 0 aromatic carbocycles. The Labute approximate surface area is 134 Å². The number of carbonyl (C=O) groups is 2. The van der Waals surface area contributed by atoms with Gasteiger partial charge >= 0.3 is 5.97 Å². The van der Waals surface area contributed by atoms with E-state index in [1.807, 2.05) is 20.8 Å². The summed E-state index contributed by atoms with van der Waals surface area (Å²) in [5, 5.41) is 12.4. The first-order chi connectivity index (χ1) is 10.3. The van der Waals surface area contributed by atoms with Crippen LogP contribution < -0.4 is 5.32 Å². The predicted molar refractivity (Wildman–Crippen MR) is 85.3 cm³/mol. The lowest BCUT2D eigenvalue weighted by atomic mass is 10.1. The highest BCUT2D eigenvalue weighted by Crippen LogP contribution is 2.21. The number of carboxylic acids is 1. The maximum absolute atomic E-state index is 12.3. The molecule has 0 aliphatic heterocycles. The largest absolute Gasteiger partial charge is 0.480 e. The van der Waals surface area contributed by atoms with Gasteiger partial charge in [-0.25, -0.2) is 9.78 Å². The Bertz CT molecular complexity index is 540. The molecule has 0 radical (unpaired) electrons. The number of rotatable bonds is 9. The average Bonchev–Trinajstić information content (AvgIpc) is 2.77. The van der Waals surface area contributed by atoms with Crippen LogP contribution in [0.3, 0.4) is 0 Å². The highest BCUT2D eigenvalue weighted by atomic mass is 32.1. The first-order valence-corrected chi connectivity index (χ1v) is 7.85. The van der Waals surface area contributed by atoms with Crippen molar-refractivity contribution in [2.45, 2.75) is 33.2 Å². The SMILES string of the molecule is C=CCOCC(NC(=O)c1sc(C)nc1CC(C)C)C(=O)O. The fourth-order valence-electron chi connectivity index (χ4n) is 1.84. The number of amides is 1. The van der Waals surface area contributed by atoms with Crippen LogP contribution in [0.4, 0.5) is 0 Å². The van der Waals surface area contributed by atoms with Crippen molar-refractivity contribution < 1.29 is 19.4 Å². The minimum absolute atomic E-state index is 0.107. The topological polar surface area (TPSA) is 88.5 Å². The minimum atomic E-state index is -1.14. The van der Waals surface area contributed by atoms with E-state index in [2.05, 4.69) is 16.9 Å². The molecule has 1 unspecified atom stereocenters. The first kappa shape index (κ1) is 18.3. The molecule has 1 heterocycles. The van der Waals surface area contributed by atoms with Gasteiger partial charge in [0.15, 0.2) is 6.04 Å². The molecule has 122 valence electrons. The molecule has 1 aromatic rings. The number of aliphatic carboxylic acids is 1. The van der Waals surface area contributed by atoms with Crippen molar-refractivity contribution in [2.24, 2.45) is 5.92 Å². The highest BCUT2D eigenvalue weighted by Gasteiger charge is 2.24. The van der Waals surface area contributed by atoms with Crippen LogP contribution in [-0.2, 0) is 16.0 Å². The molecule has 1 aromatic heterocycles. The number of carbonyl (C=O) groups excluding carboxylic acids is 1. The third-order valence-corrected chi connectivity index (χ3v) is 3.75. The van der Waals surface area contributed by atoms with Crippen LogP contribution in [0.25, 0.3) is 0 Å². The molecule has 0 bridgehead atoms. The molecule has 1 atom stereocenters. The number of carboxylic acid groups (broad SMARTS) is 1. The van der Waals surface area contributed by atoms with E-state index in [9.17, 15) is 9.59 Å². The summed E-state index contributed by atoms with van der Waals surface area (Å²) in [6.07, 6.45) is 2.20. The van der Waals surface area contributed by atoms with E-state index in [1.54, 1.807) is 0 Å². The number of aryl methyl sites for hydroxylation is 1. The Morgan fingerprint density at radius 1 is 1.50 bits per heavy atom. The normalized spacial score (nSPS) is 12.2. The van der Waals surface area contributed by atoms with Crippen molar-refractivity contribution in [1.82, 2.24) is 10.3 Å². The van der Waals surface area contributed by atoms with Crippen molar-refractivity contribution in [2.75, 3.05) is 13.2 Å². The van der Waals surface area contributed by atoms with Gasteiger partial charge in [0.1, 0.15) is 4.88 Å². The van der Waals surface area contributed by atoms with Crippen molar-refractivity contribution >= 4 is 23.2 Å². The second-order valence-corrected chi connectivity index (χ2v) is 6.50. The summed E-state index contributed by atoms with van der Waals surface area (Å²) >= 11 is 1.27. The number of hydrogen-bond donors (Lipinski definition) is 2. The zero-order chi connectivity index (χ0) is 16.7. The zero-order valence-electron chi connectivity index (χ0n) is 13.1. The van der Waals surface area contributed by atoms with Crippen LogP contribution >= 0.6 is 11.3 Å². The minimum Gasteiger partial charge on any atom is -0.480 e. The first-order valence-electron chi connectivity index (χ1n) is 7.03. The molecule has 1 rings (SSSR count). The Balaban J connectivity index is 2.81. The van der Waals surface area contributed by atoms with Gasteiger partial charge in [-0.1, -0.05) is 19.9 Å². The van der Waals surface area contributed by atoms with Gasteiger partial charge in [-0.2, -0.15) is 0 Å². The maximum atomic E-state index is 12.3. The monoisotopic (exact) mass is 326 g/mol. The van der Waals surface area contributed by atoms with Crippen molar-refractivity contribution in [3.63, 3.8) is 0 Å². The molecular weight excluding hydrogens is 304 g/mol. The average molecular weight is 326 g/mol. The van der Waals surface area contributed by atoms with E-state index in [1.165, 1.54) is 17.4 Å². The lowest BCUT2D eigenvalue weighted by molar-refractivity contribution is -0.140. The number of aromatic nitrogens is 1.